The minimum atomic E-state index is -0.990. The molecule has 0 fully saturated rings. The number of carboxylic acid groups (broad SMARTS) is 2. The number of halogens is 1. The number of nitrogens with two attached hydrogens (primary N) is 1. The average Bonchev–Trinajstić information content (AvgIpc) is 2.15. The summed E-state index contributed by atoms with van der Waals surface area (Å²) in [5.41, 5.74) is 5.61. The van der Waals surface area contributed by atoms with Crippen LogP contribution in [0.25, 0.3) is 0 Å². The highest BCUT2D eigenvalue weighted by atomic mass is 19.1. The molecule has 2 unspecified atom stereocenters. The number of carboxylic acids is 2. The zero-order valence-corrected chi connectivity index (χ0v) is 9.77. The third-order valence-electron chi connectivity index (χ3n) is 2.53. The molecule has 6 heteroatoms. The van der Waals surface area contributed by atoms with Crippen LogP contribution < -0.4 is 5.73 Å². The molecular formula is C11H20FNO4. The Labute approximate surface area is 99.8 Å². The van der Waals surface area contributed by atoms with Gasteiger partial charge in [-0.15, -0.1) is 0 Å². The van der Waals surface area contributed by atoms with E-state index in [-0.39, 0.29) is 18.8 Å². The van der Waals surface area contributed by atoms with E-state index in [9.17, 15) is 14.0 Å². The number of hydrogen-bond donors (Lipinski definition) is 3. The lowest BCUT2D eigenvalue weighted by molar-refractivity contribution is -0.138. The molecule has 0 aliphatic rings. The van der Waals surface area contributed by atoms with E-state index in [4.69, 9.17) is 15.9 Å². The highest BCUT2D eigenvalue weighted by Gasteiger charge is 2.18. The third-order valence-corrected chi connectivity index (χ3v) is 2.53. The average molecular weight is 249 g/mol. The lowest BCUT2D eigenvalue weighted by atomic mass is 9.90. The number of hydrogen-bond acceptors (Lipinski definition) is 3. The van der Waals surface area contributed by atoms with Gasteiger partial charge in [0.25, 0.3) is 0 Å². The summed E-state index contributed by atoms with van der Waals surface area (Å²) in [7, 11) is 0. The van der Waals surface area contributed by atoms with Gasteiger partial charge in [-0.25, -0.2) is 0 Å². The standard InChI is InChI=1S/C11H20FNO4/c12-4-2-1-3-8(6-10(14)15)5-9(13)7-11(16)17/h8-9H,1-7,13H2,(H,14,15)(H,16,17). The number of carbonyl (C=O) groups is 2. The van der Waals surface area contributed by atoms with Crippen LogP contribution in [0.3, 0.4) is 0 Å². The Balaban J connectivity index is 4.07. The van der Waals surface area contributed by atoms with Crippen molar-refractivity contribution in [1.82, 2.24) is 0 Å². The molecule has 0 saturated carbocycles. The summed E-state index contributed by atoms with van der Waals surface area (Å²) in [5.74, 6) is -2.10. The van der Waals surface area contributed by atoms with Gasteiger partial charge in [0.2, 0.25) is 0 Å². The van der Waals surface area contributed by atoms with Gasteiger partial charge < -0.3 is 15.9 Å². The number of unbranched alkanes of at least 4 members (excludes halogenated alkanes) is 1. The molecule has 4 N–H and O–H groups in total. The smallest absolute Gasteiger partial charge is 0.304 e. The molecule has 0 bridgehead atoms. The summed E-state index contributed by atoms with van der Waals surface area (Å²) in [5, 5.41) is 17.3. The van der Waals surface area contributed by atoms with Crippen LogP contribution in [-0.2, 0) is 9.59 Å². The third kappa shape index (κ3) is 9.74. The van der Waals surface area contributed by atoms with Crippen molar-refractivity contribution >= 4 is 11.9 Å². The summed E-state index contributed by atoms with van der Waals surface area (Å²) >= 11 is 0. The fraction of sp³-hybridized carbons (Fsp3) is 0.818. The van der Waals surface area contributed by atoms with Crippen molar-refractivity contribution in [3.05, 3.63) is 0 Å². The summed E-state index contributed by atoms with van der Waals surface area (Å²) in [6, 6.07) is -0.540. The van der Waals surface area contributed by atoms with Gasteiger partial charge in [0.1, 0.15) is 0 Å². The first-order valence-electron chi connectivity index (χ1n) is 5.70. The van der Waals surface area contributed by atoms with Crippen LogP contribution >= 0.6 is 0 Å². The van der Waals surface area contributed by atoms with E-state index < -0.39 is 24.7 Å². The molecule has 0 rings (SSSR count). The Kier molecular flexibility index (Phi) is 8.31. The maximum Gasteiger partial charge on any atom is 0.304 e. The normalized spacial score (nSPS) is 14.2. The van der Waals surface area contributed by atoms with Crippen LogP contribution in [0, 0.1) is 5.92 Å². The first-order valence-corrected chi connectivity index (χ1v) is 5.70. The Morgan fingerprint density at radius 3 is 2.18 bits per heavy atom. The minimum absolute atomic E-state index is 0.0421. The van der Waals surface area contributed by atoms with E-state index in [2.05, 4.69) is 0 Å². The quantitative estimate of drug-likeness (QED) is 0.508. The van der Waals surface area contributed by atoms with Crippen LogP contribution in [0.1, 0.15) is 38.5 Å². The first kappa shape index (κ1) is 15.8. The van der Waals surface area contributed by atoms with Crippen molar-refractivity contribution in [2.24, 2.45) is 11.7 Å². The molecule has 5 nitrogen and oxygen atoms in total. The SMILES string of the molecule is NC(CC(=O)O)CC(CCCCF)CC(=O)O. The summed E-state index contributed by atoms with van der Waals surface area (Å²) in [4.78, 5) is 21.0. The Morgan fingerprint density at radius 1 is 1.12 bits per heavy atom. The minimum Gasteiger partial charge on any atom is -0.481 e. The van der Waals surface area contributed by atoms with E-state index in [0.717, 1.165) is 0 Å². The topological polar surface area (TPSA) is 101 Å². The molecule has 17 heavy (non-hydrogen) atoms. The number of rotatable bonds is 10. The summed E-state index contributed by atoms with van der Waals surface area (Å²) < 4.78 is 11.9. The fourth-order valence-corrected chi connectivity index (χ4v) is 1.81. The second-order valence-electron chi connectivity index (χ2n) is 4.24. The van der Waals surface area contributed by atoms with Crippen LogP contribution in [0.5, 0.6) is 0 Å². The highest BCUT2D eigenvalue weighted by molar-refractivity contribution is 5.68. The zero-order chi connectivity index (χ0) is 13.3. The summed E-state index contributed by atoms with van der Waals surface area (Å²) in [6.07, 6.45) is 1.73. The number of alkyl halides is 1. The van der Waals surface area contributed by atoms with Gasteiger partial charge >= 0.3 is 11.9 Å². The van der Waals surface area contributed by atoms with Crippen molar-refractivity contribution in [1.29, 1.82) is 0 Å². The van der Waals surface area contributed by atoms with Gasteiger partial charge in [-0.05, 0) is 25.2 Å². The molecule has 0 aromatic heterocycles. The monoisotopic (exact) mass is 249 g/mol. The fourth-order valence-electron chi connectivity index (χ4n) is 1.81. The zero-order valence-electron chi connectivity index (χ0n) is 9.77. The molecular weight excluding hydrogens is 229 g/mol. The van der Waals surface area contributed by atoms with Gasteiger partial charge in [0.15, 0.2) is 0 Å². The Morgan fingerprint density at radius 2 is 1.71 bits per heavy atom. The predicted molar refractivity (Wildman–Crippen MR) is 60.4 cm³/mol. The lowest BCUT2D eigenvalue weighted by Crippen LogP contribution is -2.27. The first-order chi connectivity index (χ1) is 7.95. The van der Waals surface area contributed by atoms with Crippen molar-refractivity contribution in [3.63, 3.8) is 0 Å². The van der Waals surface area contributed by atoms with Gasteiger partial charge in [-0.2, -0.15) is 0 Å². The molecule has 0 aromatic rings. The van der Waals surface area contributed by atoms with Crippen molar-refractivity contribution in [3.8, 4) is 0 Å². The molecule has 0 aromatic carbocycles. The molecule has 0 saturated heterocycles. The molecule has 0 spiro atoms. The van der Waals surface area contributed by atoms with Crippen molar-refractivity contribution in [2.75, 3.05) is 6.67 Å². The van der Waals surface area contributed by atoms with E-state index in [1.807, 2.05) is 0 Å². The largest absolute Gasteiger partial charge is 0.481 e. The van der Waals surface area contributed by atoms with Gasteiger partial charge in [-0.1, -0.05) is 6.42 Å². The van der Waals surface area contributed by atoms with Crippen molar-refractivity contribution < 1.29 is 24.2 Å². The molecule has 2 atom stereocenters. The van der Waals surface area contributed by atoms with Crippen LogP contribution in [-0.4, -0.2) is 34.9 Å². The summed E-state index contributed by atoms with van der Waals surface area (Å²) in [6.45, 7) is -0.416. The molecule has 0 heterocycles. The Hall–Kier alpha value is -1.17. The molecule has 0 aliphatic heterocycles. The number of aliphatic carboxylic acids is 2. The molecule has 0 amide bonds. The van der Waals surface area contributed by atoms with E-state index in [1.165, 1.54) is 0 Å². The van der Waals surface area contributed by atoms with Crippen LogP contribution in [0.4, 0.5) is 4.39 Å². The maximum absolute atomic E-state index is 11.9. The van der Waals surface area contributed by atoms with Gasteiger partial charge in [0.05, 0.1) is 13.1 Å². The maximum atomic E-state index is 11.9. The van der Waals surface area contributed by atoms with Gasteiger partial charge in [-0.3, -0.25) is 14.0 Å². The van der Waals surface area contributed by atoms with Crippen LogP contribution in [0.15, 0.2) is 0 Å². The Bertz CT molecular complexity index is 248. The van der Waals surface area contributed by atoms with Crippen LogP contribution in [0.2, 0.25) is 0 Å². The lowest BCUT2D eigenvalue weighted by Gasteiger charge is -2.18. The molecule has 0 radical (unpaired) electrons. The molecule has 100 valence electrons. The second-order valence-corrected chi connectivity index (χ2v) is 4.24. The van der Waals surface area contributed by atoms with Gasteiger partial charge in [0, 0.05) is 12.5 Å². The predicted octanol–water partition coefficient (Wildman–Crippen LogP) is 1.41. The second kappa shape index (κ2) is 8.92. The van der Waals surface area contributed by atoms with E-state index >= 15 is 0 Å². The molecule has 0 aliphatic carbocycles. The van der Waals surface area contributed by atoms with E-state index in [0.29, 0.717) is 25.7 Å². The van der Waals surface area contributed by atoms with E-state index in [1.54, 1.807) is 0 Å². The van der Waals surface area contributed by atoms with Crippen molar-refractivity contribution in [2.45, 2.75) is 44.6 Å². The highest BCUT2D eigenvalue weighted by Crippen LogP contribution is 2.19.